The molecule has 90 valence electrons. The van der Waals surface area contributed by atoms with Crippen LogP contribution in [0.1, 0.15) is 11.1 Å². The highest BCUT2D eigenvalue weighted by Gasteiger charge is 1.97. The topological polar surface area (TPSA) is 12.0 Å². The highest BCUT2D eigenvalue weighted by molar-refractivity contribution is 8.93. The van der Waals surface area contributed by atoms with Crippen molar-refractivity contribution in [2.75, 3.05) is 0 Å². The molecular formula is C14H15BrClN. The van der Waals surface area contributed by atoms with Gasteiger partial charge in [-0.1, -0.05) is 60.1 Å². The minimum absolute atomic E-state index is 0. The lowest BCUT2D eigenvalue weighted by molar-refractivity contribution is 0.693. The summed E-state index contributed by atoms with van der Waals surface area (Å²) in [5, 5.41) is 4.20. The molecular weight excluding hydrogens is 298 g/mol. The van der Waals surface area contributed by atoms with Crippen LogP contribution in [0.15, 0.2) is 54.6 Å². The van der Waals surface area contributed by atoms with Gasteiger partial charge in [0, 0.05) is 18.1 Å². The monoisotopic (exact) mass is 311 g/mol. The molecule has 17 heavy (non-hydrogen) atoms. The quantitative estimate of drug-likeness (QED) is 0.892. The van der Waals surface area contributed by atoms with Crippen LogP contribution in [0.5, 0.6) is 0 Å². The number of hydrogen-bond acceptors (Lipinski definition) is 1. The maximum atomic E-state index is 6.07. The number of nitrogens with one attached hydrogen (secondary N) is 1. The Morgan fingerprint density at radius 1 is 0.824 bits per heavy atom. The molecule has 0 fully saturated rings. The Labute approximate surface area is 118 Å². The molecule has 2 rings (SSSR count). The van der Waals surface area contributed by atoms with Crippen LogP contribution in [-0.4, -0.2) is 0 Å². The van der Waals surface area contributed by atoms with Gasteiger partial charge in [-0.3, -0.25) is 0 Å². The van der Waals surface area contributed by atoms with Crippen LogP contribution in [0.3, 0.4) is 0 Å². The summed E-state index contributed by atoms with van der Waals surface area (Å²) in [6.07, 6.45) is 0. The van der Waals surface area contributed by atoms with Gasteiger partial charge >= 0.3 is 0 Å². The minimum Gasteiger partial charge on any atom is -0.309 e. The molecule has 0 saturated heterocycles. The van der Waals surface area contributed by atoms with E-state index in [0.717, 1.165) is 23.7 Å². The van der Waals surface area contributed by atoms with Crippen LogP contribution in [0.2, 0.25) is 5.02 Å². The molecule has 0 bridgehead atoms. The van der Waals surface area contributed by atoms with Crippen LogP contribution in [0, 0.1) is 0 Å². The Hall–Kier alpha value is -0.830. The molecule has 0 unspecified atom stereocenters. The fourth-order valence-electron chi connectivity index (χ4n) is 1.58. The van der Waals surface area contributed by atoms with E-state index in [0.29, 0.717) is 0 Å². The largest absolute Gasteiger partial charge is 0.309 e. The van der Waals surface area contributed by atoms with Crippen LogP contribution in [-0.2, 0) is 13.1 Å². The van der Waals surface area contributed by atoms with E-state index in [1.54, 1.807) is 0 Å². The fourth-order valence-corrected chi connectivity index (χ4v) is 1.78. The van der Waals surface area contributed by atoms with Gasteiger partial charge < -0.3 is 5.32 Å². The van der Waals surface area contributed by atoms with Crippen LogP contribution >= 0.6 is 28.6 Å². The molecule has 3 heteroatoms. The summed E-state index contributed by atoms with van der Waals surface area (Å²) in [6, 6.07) is 18.3. The second-order valence-corrected chi connectivity index (χ2v) is 4.09. The van der Waals surface area contributed by atoms with Crippen LogP contribution in [0.4, 0.5) is 0 Å². The third-order valence-electron chi connectivity index (χ3n) is 2.45. The fraction of sp³-hybridized carbons (Fsp3) is 0.143. The van der Waals surface area contributed by atoms with Crippen molar-refractivity contribution in [3.63, 3.8) is 0 Å². The van der Waals surface area contributed by atoms with E-state index in [2.05, 4.69) is 17.4 Å². The number of benzene rings is 2. The first-order valence-electron chi connectivity index (χ1n) is 5.34. The van der Waals surface area contributed by atoms with Gasteiger partial charge in [0.05, 0.1) is 0 Å². The van der Waals surface area contributed by atoms with Gasteiger partial charge in [-0.25, -0.2) is 0 Å². The Bertz CT molecular complexity index is 445. The summed E-state index contributed by atoms with van der Waals surface area (Å²) >= 11 is 6.07. The van der Waals surface area contributed by atoms with Gasteiger partial charge in [-0.05, 0) is 17.2 Å². The van der Waals surface area contributed by atoms with Crippen molar-refractivity contribution < 1.29 is 0 Å². The molecule has 0 atom stereocenters. The SMILES string of the molecule is Br.Clc1ccccc1CNCc1ccccc1. The molecule has 0 aliphatic rings. The number of hydrogen-bond donors (Lipinski definition) is 1. The molecule has 1 N–H and O–H groups in total. The predicted octanol–water partition coefficient (Wildman–Crippen LogP) is 4.21. The van der Waals surface area contributed by atoms with E-state index in [1.807, 2.05) is 42.5 Å². The van der Waals surface area contributed by atoms with Crippen molar-refractivity contribution in [2.45, 2.75) is 13.1 Å². The Morgan fingerprint density at radius 2 is 1.47 bits per heavy atom. The van der Waals surface area contributed by atoms with Gasteiger partial charge in [0.1, 0.15) is 0 Å². The average molecular weight is 313 g/mol. The lowest BCUT2D eigenvalue weighted by Crippen LogP contribution is -2.12. The van der Waals surface area contributed by atoms with Crippen molar-refractivity contribution >= 4 is 28.6 Å². The first-order chi connectivity index (χ1) is 7.86. The molecule has 2 aromatic rings. The molecule has 1 nitrogen and oxygen atoms in total. The first kappa shape index (κ1) is 14.2. The summed E-state index contributed by atoms with van der Waals surface area (Å²) in [7, 11) is 0. The van der Waals surface area contributed by atoms with Gasteiger partial charge in [0.25, 0.3) is 0 Å². The van der Waals surface area contributed by atoms with Crippen molar-refractivity contribution in [2.24, 2.45) is 0 Å². The molecule has 0 aliphatic heterocycles. The normalized spacial score (nSPS) is 9.71. The Balaban J connectivity index is 0.00000144. The van der Waals surface area contributed by atoms with Crippen molar-refractivity contribution in [1.82, 2.24) is 5.32 Å². The number of rotatable bonds is 4. The molecule has 0 saturated carbocycles. The van der Waals surface area contributed by atoms with Crippen LogP contribution < -0.4 is 5.32 Å². The van der Waals surface area contributed by atoms with E-state index in [-0.39, 0.29) is 17.0 Å². The molecule has 2 aromatic carbocycles. The summed E-state index contributed by atoms with van der Waals surface area (Å²) in [5.74, 6) is 0. The Kier molecular flexibility index (Phi) is 6.27. The van der Waals surface area contributed by atoms with E-state index in [9.17, 15) is 0 Å². The zero-order valence-corrected chi connectivity index (χ0v) is 11.9. The van der Waals surface area contributed by atoms with Crippen molar-refractivity contribution in [3.05, 3.63) is 70.7 Å². The highest BCUT2D eigenvalue weighted by Crippen LogP contribution is 2.14. The molecule has 0 spiro atoms. The first-order valence-corrected chi connectivity index (χ1v) is 5.72. The lowest BCUT2D eigenvalue weighted by atomic mass is 10.2. The zero-order valence-electron chi connectivity index (χ0n) is 9.40. The summed E-state index contributed by atoms with van der Waals surface area (Å²) in [4.78, 5) is 0. The van der Waals surface area contributed by atoms with Crippen molar-refractivity contribution in [3.8, 4) is 0 Å². The van der Waals surface area contributed by atoms with Crippen molar-refractivity contribution in [1.29, 1.82) is 0 Å². The third-order valence-corrected chi connectivity index (χ3v) is 2.81. The maximum Gasteiger partial charge on any atom is 0.0450 e. The molecule has 0 radical (unpaired) electrons. The van der Waals surface area contributed by atoms with Gasteiger partial charge in [0.15, 0.2) is 0 Å². The summed E-state index contributed by atoms with van der Waals surface area (Å²) < 4.78 is 0. The smallest absolute Gasteiger partial charge is 0.0450 e. The van der Waals surface area contributed by atoms with E-state index in [4.69, 9.17) is 11.6 Å². The number of halogens is 2. The van der Waals surface area contributed by atoms with Crippen LogP contribution in [0.25, 0.3) is 0 Å². The third kappa shape index (κ3) is 4.50. The zero-order chi connectivity index (χ0) is 11.2. The second-order valence-electron chi connectivity index (χ2n) is 3.68. The molecule has 0 aromatic heterocycles. The van der Waals surface area contributed by atoms with Gasteiger partial charge in [0.2, 0.25) is 0 Å². The second kappa shape index (κ2) is 7.49. The molecule has 0 heterocycles. The van der Waals surface area contributed by atoms with E-state index < -0.39 is 0 Å². The minimum atomic E-state index is 0. The predicted molar refractivity (Wildman–Crippen MR) is 78.8 cm³/mol. The average Bonchev–Trinajstić information content (AvgIpc) is 2.33. The lowest BCUT2D eigenvalue weighted by Gasteiger charge is -2.06. The van der Waals surface area contributed by atoms with Gasteiger partial charge in [-0.2, -0.15) is 0 Å². The van der Waals surface area contributed by atoms with Gasteiger partial charge in [-0.15, -0.1) is 17.0 Å². The highest BCUT2D eigenvalue weighted by atomic mass is 79.9. The summed E-state index contributed by atoms with van der Waals surface area (Å²) in [5.41, 5.74) is 2.43. The van der Waals surface area contributed by atoms with E-state index in [1.165, 1.54) is 5.56 Å². The molecule has 0 aliphatic carbocycles. The Morgan fingerprint density at radius 3 is 2.18 bits per heavy atom. The summed E-state index contributed by atoms with van der Waals surface area (Å²) in [6.45, 7) is 1.67. The maximum absolute atomic E-state index is 6.07. The standard InChI is InChI=1S/C14H14ClN.BrH/c15-14-9-5-4-8-13(14)11-16-10-12-6-2-1-3-7-12;/h1-9,16H,10-11H2;1H. The molecule has 0 amide bonds. The van der Waals surface area contributed by atoms with E-state index >= 15 is 0 Å².